The summed E-state index contributed by atoms with van der Waals surface area (Å²) in [5, 5.41) is 2.89. The molecular weight excluding hydrogens is 898 g/mol. The Balaban J connectivity index is 0.000000333. The van der Waals surface area contributed by atoms with E-state index in [1.165, 1.54) is 32.9 Å². The second kappa shape index (κ2) is 18.4. The van der Waals surface area contributed by atoms with E-state index in [-0.39, 0.29) is 23.7 Å². The molecule has 0 aliphatic rings. The summed E-state index contributed by atoms with van der Waals surface area (Å²) in [5.41, 5.74) is 7.58. The molecule has 0 spiro atoms. The molecule has 2 aromatic carbocycles. The molecule has 11 heteroatoms. The fourth-order valence-electron chi connectivity index (χ4n) is 5.38. The number of aromatic nitrogens is 2. The Morgan fingerprint density at radius 3 is 0.959 bits per heavy atom. The Kier molecular flexibility index (Phi) is 16.4. The molecule has 4 nitrogen and oxygen atoms in total. The van der Waals surface area contributed by atoms with Gasteiger partial charge in [-0.15, -0.1) is 0 Å². The molecule has 0 saturated carbocycles. The summed E-state index contributed by atoms with van der Waals surface area (Å²) < 4.78 is 5.09. The van der Waals surface area contributed by atoms with Crippen LogP contribution in [0.25, 0.3) is 21.8 Å². The molecule has 0 bridgehead atoms. The Hall–Kier alpha value is -1.44. The zero-order chi connectivity index (χ0) is 35.9. The molecule has 0 fully saturated rings. The molecule has 49 heavy (non-hydrogen) atoms. The normalized spacial score (nSPS) is 13.2. The number of hydrogen-bond donors (Lipinski definition) is 0. The minimum atomic E-state index is -1.62. The summed E-state index contributed by atoms with van der Waals surface area (Å²) in [5.74, 6) is 0. The van der Waals surface area contributed by atoms with Gasteiger partial charge in [0.15, 0.2) is 0 Å². The molecule has 0 amide bonds. The van der Waals surface area contributed by atoms with Crippen LogP contribution >= 0.6 is 0 Å². The maximum absolute atomic E-state index is 4.72. The summed E-state index contributed by atoms with van der Waals surface area (Å²) in [6.45, 7) is 28.9. The Labute approximate surface area is 336 Å². The average molecular weight is 952 g/mol. The first kappa shape index (κ1) is 43.7. The maximum Gasteiger partial charge on any atom is 0 e. The first-order chi connectivity index (χ1) is 22.2. The van der Waals surface area contributed by atoms with Crippen LogP contribution in [-0.4, -0.2) is 107 Å². The number of benzene rings is 2. The van der Waals surface area contributed by atoms with Crippen LogP contribution in [0, 0.1) is 0 Å². The Morgan fingerprint density at radius 2 is 0.735 bits per heavy atom. The van der Waals surface area contributed by atoms with Crippen LogP contribution in [0.15, 0.2) is 109 Å². The van der Waals surface area contributed by atoms with E-state index in [1.54, 1.807) is 0 Å². The van der Waals surface area contributed by atoms with Gasteiger partial charge >= 0.3 is 315 Å². The van der Waals surface area contributed by atoms with Crippen molar-refractivity contribution in [2.24, 2.45) is 0 Å². The van der Waals surface area contributed by atoms with Crippen molar-refractivity contribution in [1.82, 2.24) is 17.0 Å². The first-order valence-electron chi connectivity index (χ1n) is 16.7. The van der Waals surface area contributed by atoms with Crippen molar-refractivity contribution in [3.05, 3.63) is 132 Å². The number of nitrogens with zero attached hydrogens (tertiary/aromatic N) is 4. The van der Waals surface area contributed by atoms with Gasteiger partial charge in [-0.05, 0) is 0 Å². The smallest absolute Gasteiger partial charge is 0 e. The Bertz CT molecular complexity index is 1540. The maximum atomic E-state index is 4.72. The van der Waals surface area contributed by atoms with E-state index in [0.717, 1.165) is 11.4 Å². The van der Waals surface area contributed by atoms with Crippen molar-refractivity contribution in [2.45, 2.75) is 78.6 Å². The molecule has 2 heterocycles. The third kappa shape index (κ3) is 12.3. The summed E-state index contributed by atoms with van der Waals surface area (Å²) in [6, 6.07) is 34.1. The van der Waals surface area contributed by atoms with Crippen molar-refractivity contribution in [1.29, 1.82) is 0 Å². The number of hydrogen-bond acceptors (Lipinski definition) is 4. The van der Waals surface area contributed by atoms with E-state index in [9.17, 15) is 0 Å². The molecular formula is C38H54Ge2N4Si4Te. The van der Waals surface area contributed by atoms with Gasteiger partial charge in [-0.2, -0.15) is 0 Å². The van der Waals surface area contributed by atoms with Crippen LogP contribution in [0.4, 0.5) is 0 Å². The van der Waals surface area contributed by atoms with Gasteiger partial charge in [-0.3, -0.25) is 0 Å². The third-order valence-electron chi connectivity index (χ3n) is 7.70. The summed E-state index contributed by atoms with van der Waals surface area (Å²) in [4.78, 5) is 9.44. The molecule has 4 rings (SSSR count). The van der Waals surface area contributed by atoms with E-state index in [0.29, 0.717) is 0 Å². The van der Waals surface area contributed by atoms with Crippen molar-refractivity contribution in [3.8, 4) is 0 Å². The molecule has 8 radical (unpaired) electrons. The molecule has 0 aliphatic carbocycles. The molecule has 0 N–H and O–H groups in total. The third-order valence-corrected chi connectivity index (χ3v) is 24.2. The van der Waals surface area contributed by atoms with Crippen LogP contribution in [0.3, 0.4) is 0 Å². The number of pyridine rings is 2. The molecule has 0 aliphatic heterocycles. The molecule has 0 unspecified atom stereocenters. The second-order valence-corrected chi connectivity index (χ2v) is 39.5. The fourth-order valence-corrected chi connectivity index (χ4v) is 12.7. The van der Waals surface area contributed by atoms with E-state index >= 15 is 0 Å². The van der Waals surface area contributed by atoms with Gasteiger partial charge in [-0.25, -0.2) is 0 Å². The average Bonchev–Trinajstić information content (AvgIpc) is 3.01. The summed E-state index contributed by atoms with van der Waals surface area (Å²) in [6.07, 6.45) is 3.82. The topological polar surface area (TPSA) is 32.3 Å². The fraction of sp³-hybridized carbons (Fsp3) is 0.316. The molecule has 0 atom stereocenters. The predicted octanol–water partition coefficient (Wildman–Crippen LogP) is 9.71. The van der Waals surface area contributed by atoms with Gasteiger partial charge in [0.2, 0.25) is 0 Å². The quantitative estimate of drug-likeness (QED) is 0.148. The monoisotopic (exact) mass is 956 g/mol. The molecule has 4 aromatic rings. The number of rotatable bonds is 10. The van der Waals surface area contributed by atoms with E-state index in [2.05, 4.69) is 204 Å². The van der Waals surface area contributed by atoms with Gasteiger partial charge in [0.1, 0.15) is 0 Å². The minimum Gasteiger partial charge on any atom is 0 e. The zero-order valence-electron chi connectivity index (χ0n) is 31.6. The van der Waals surface area contributed by atoms with E-state index in [4.69, 9.17) is 9.97 Å². The van der Waals surface area contributed by atoms with Crippen LogP contribution in [0.2, 0.25) is 78.6 Å². The minimum absolute atomic E-state index is 0. The van der Waals surface area contributed by atoms with Crippen LogP contribution in [0.5, 0.6) is 0 Å². The van der Waals surface area contributed by atoms with Gasteiger partial charge in [0.25, 0.3) is 0 Å². The van der Waals surface area contributed by atoms with Crippen molar-refractivity contribution in [2.75, 3.05) is 0 Å². The van der Waals surface area contributed by atoms with E-state index < -0.39 is 32.6 Å². The van der Waals surface area contributed by atoms with Crippen LogP contribution in [-0.2, 0) is 0 Å². The molecule has 0 saturated heterocycles. The predicted molar refractivity (Wildman–Crippen MR) is 229 cm³/mol. The zero-order valence-corrected chi connectivity index (χ0v) is 42.1. The van der Waals surface area contributed by atoms with Gasteiger partial charge in [0.05, 0.1) is 0 Å². The van der Waals surface area contributed by atoms with Crippen LogP contribution in [0.1, 0.15) is 22.5 Å². The van der Waals surface area contributed by atoms with Crippen LogP contribution < -0.4 is 0 Å². The molecule has 2 aromatic heterocycles. The van der Waals surface area contributed by atoms with Gasteiger partial charge in [0, 0.05) is 23.7 Å². The van der Waals surface area contributed by atoms with Gasteiger partial charge < -0.3 is 0 Å². The molecule has 256 valence electrons. The second-order valence-electron chi connectivity index (χ2n) is 16.1. The largest absolute Gasteiger partial charge is 0 e. The standard InChI is InChI=1S/2C19H27GeN2Si2.Te/c2*1-23(2,3)19(17-14-10-11-15-21-17)18(22(20)24(4,5)6)16-12-8-7-9-13-16;/h2*7-15H,1-6H3;/b2*19-18+;. The SMILES string of the molecule is C[Si](C)(C)/C(=C(\c1ccccc1)[N]([Ge])[Si](C)(C)C)c1ccccn1.C[Si](C)(C)/C(=C(\c1ccccc1)[N]([Ge])[Si](C)(C)C)c1ccccn1.[Te]. The van der Waals surface area contributed by atoms with Crippen molar-refractivity contribution < 1.29 is 0 Å². The Morgan fingerprint density at radius 1 is 0.449 bits per heavy atom. The summed E-state index contributed by atoms with van der Waals surface area (Å²) in [7, 11) is -6.26. The summed E-state index contributed by atoms with van der Waals surface area (Å²) >= 11 is 4.52. The first-order valence-corrected chi connectivity index (χ1v) is 32.5. The van der Waals surface area contributed by atoms with E-state index in [1.807, 2.05) is 24.5 Å². The van der Waals surface area contributed by atoms with Gasteiger partial charge in [-0.1, -0.05) is 0 Å². The van der Waals surface area contributed by atoms with Crippen molar-refractivity contribution >= 4 is 112 Å². The van der Waals surface area contributed by atoms with Crippen molar-refractivity contribution in [3.63, 3.8) is 0 Å².